The molecule has 0 spiro atoms. The van der Waals surface area contributed by atoms with Crippen LogP contribution in [-0.2, 0) is 9.53 Å². The number of alkyl halides is 1. The van der Waals surface area contributed by atoms with Crippen LogP contribution in [0, 0.1) is 11.7 Å². The number of amides is 1. The molecule has 0 aromatic heterocycles. The highest BCUT2D eigenvalue weighted by Crippen LogP contribution is 2.29. The first-order valence-corrected chi connectivity index (χ1v) is 7.56. The number of hydrogen-bond acceptors (Lipinski definition) is 3. The first-order chi connectivity index (χ1) is 10.5. The van der Waals surface area contributed by atoms with Crippen LogP contribution in [-0.4, -0.2) is 38.3 Å². The number of carbonyl (C=O) groups is 1. The molecule has 130 valence electrons. The van der Waals surface area contributed by atoms with Crippen LogP contribution in [0.3, 0.4) is 0 Å². The maximum absolute atomic E-state index is 13.7. The van der Waals surface area contributed by atoms with Crippen LogP contribution in [0.1, 0.15) is 18.6 Å². The zero-order valence-corrected chi connectivity index (χ0v) is 14.2. The second-order valence-corrected chi connectivity index (χ2v) is 5.70. The first kappa shape index (κ1) is 20.1. The lowest BCUT2D eigenvalue weighted by Gasteiger charge is -2.25. The lowest BCUT2D eigenvalue weighted by Crippen LogP contribution is -2.39. The van der Waals surface area contributed by atoms with E-state index in [2.05, 4.69) is 10.6 Å². The molecule has 1 aliphatic rings. The molecule has 1 saturated heterocycles. The highest BCUT2D eigenvalue weighted by atomic mass is 35.5. The molecule has 0 bridgehead atoms. The van der Waals surface area contributed by atoms with E-state index in [-0.39, 0.29) is 29.9 Å². The Morgan fingerprint density at radius 3 is 2.96 bits per heavy atom. The fraction of sp³-hybridized carbons (Fsp3) is 0.533. The molecular formula is C15H20Cl2F2N2O2. The fourth-order valence-corrected chi connectivity index (χ4v) is 2.52. The Balaban J connectivity index is 0.00000264. The summed E-state index contributed by atoms with van der Waals surface area (Å²) in [6, 6.07) is 4.52. The predicted molar refractivity (Wildman–Crippen MR) is 87.3 cm³/mol. The van der Waals surface area contributed by atoms with Crippen molar-refractivity contribution in [2.75, 3.05) is 26.2 Å². The van der Waals surface area contributed by atoms with Gasteiger partial charge in [0.25, 0.3) is 5.91 Å². The van der Waals surface area contributed by atoms with Crippen molar-refractivity contribution in [1.29, 1.82) is 0 Å². The Labute approximate surface area is 145 Å². The third-order valence-corrected chi connectivity index (χ3v) is 3.89. The minimum atomic E-state index is -1.56. The lowest BCUT2D eigenvalue weighted by molar-refractivity contribution is -0.125. The van der Waals surface area contributed by atoms with Gasteiger partial charge in [0.15, 0.2) is 6.17 Å². The van der Waals surface area contributed by atoms with Gasteiger partial charge >= 0.3 is 0 Å². The van der Waals surface area contributed by atoms with E-state index in [1.54, 1.807) is 6.07 Å². The molecule has 1 fully saturated rings. The van der Waals surface area contributed by atoms with Crippen molar-refractivity contribution in [3.63, 3.8) is 0 Å². The van der Waals surface area contributed by atoms with Gasteiger partial charge in [-0.1, -0.05) is 17.7 Å². The number of carbonyl (C=O) groups excluding carboxylic acids is 1. The molecule has 0 aliphatic carbocycles. The molecule has 4 nitrogen and oxygen atoms in total. The highest BCUT2D eigenvalue weighted by molar-refractivity contribution is 6.30. The van der Waals surface area contributed by atoms with Gasteiger partial charge in [-0.15, -0.1) is 12.4 Å². The summed E-state index contributed by atoms with van der Waals surface area (Å²) in [7, 11) is 0. The van der Waals surface area contributed by atoms with E-state index in [0.717, 1.165) is 0 Å². The van der Waals surface area contributed by atoms with E-state index >= 15 is 0 Å². The first-order valence-electron chi connectivity index (χ1n) is 7.18. The minimum absolute atomic E-state index is 0. The number of nitrogens with one attached hydrogen (secondary N) is 2. The van der Waals surface area contributed by atoms with E-state index < -0.39 is 24.0 Å². The van der Waals surface area contributed by atoms with Gasteiger partial charge < -0.3 is 15.4 Å². The number of ether oxygens (including phenoxy) is 1. The van der Waals surface area contributed by atoms with E-state index in [9.17, 15) is 13.6 Å². The molecule has 3 atom stereocenters. The fourth-order valence-electron chi connectivity index (χ4n) is 2.40. The van der Waals surface area contributed by atoms with Crippen molar-refractivity contribution in [2.45, 2.75) is 19.2 Å². The zero-order chi connectivity index (χ0) is 16.1. The zero-order valence-electron chi connectivity index (χ0n) is 12.7. The summed E-state index contributed by atoms with van der Waals surface area (Å²) < 4.78 is 32.4. The molecule has 1 aromatic rings. The maximum atomic E-state index is 13.7. The molecule has 0 saturated carbocycles. The van der Waals surface area contributed by atoms with Crippen molar-refractivity contribution in [1.82, 2.24) is 10.6 Å². The summed E-state index contributed by atoms with van der Waals surface area (Å²) in [5.41, 5.74) is 0.651. The van der Waals surface area contributed by atoms with E-state index in [0.29, 0.717) is 25.3 Å². The number of benzene rings is 1. The smallest absolute Gasteiger partial charge is 0.254 e. The van der Waals surface area contributed by atoms with Gasteiger partial charge in [0, 0.05) is 25.6 Å². The molecule has 1 unspecified atom stereocenters. The van der Waals surface area contributed by atoms with Crippen molar-refractivity contribution in [3.8, 4) is 0 Å². The monoisotopic (exact) mass is 368 g/mol. The summed E-state index contributed by atoms with van der Waals surface area (Å²) in [6.07, 6.45) is -1.96. The van der Waals surface area contributed by atoms with E-state index in [1.165, 1.54) is 19.1 Å². The van der Waals surface area contributed by atoms with Crippen LogP contribution in [0.5, 0.6) is 0 Å². The second-order valence-electron chi connectivity index (χ2n) is 5.29. The van der Waals surface area contributed by atoms with Crippen LogP contribution in [0.15, 0.2) is 18.2 Å². The van der Waals surface area contributed by atoms with Crippen molar-refractivity contribution >= 4 is 29.9 Å². The van der Waals surface area contributed by atoms with Crippen LogP contribution in [0.25, 0.3) is 0 Å². The van der Waals surface area contributed by atoms with Crippen LogP contribution in [0.4, 0.5) is 8.78 Å². The van der Waals surface area contributed by atoms with Crippen molar-refractivity contribution in [2.24, 2.45) is 5.92 Å². The number of rotatable bonds is 4. The molecule has 2 rings (SSSR count). The average molecular weight is 369 g/mol. The third-order valence-electron chi connectivity index (χ3n) is 3.58. The van der Waals surface area contributed by atoms with Gasteiger partial charge in [-0.3, -0.25) is 4.79 Å². The Hall–Kier alpha value is -0.950. The largest absolute Gasteiger partial charge is 0.372 e. The Kier molecular flexibility index (Phi) is 8.19. The van der Waals surface area contributed by atoms with Crippen LogP contribution in [0.2, 0.25) is 5.02 Å². The quantitative estimate of drug-likeness (QED) is 0.858. The average Bonchev–Trinajstić information content (AvgIpc) is 2.73. The normalized spacial score (nSPS) is 22.6. The topological polar surface area (TPSA) is 50.4 Å². The van der Waals surface area contributed by atoms with Gasteiger partial charge in [-0.2, -0.15) is 0 Å². The van der Waals surface area contributed by atoms with Crippen molar-refractivity contribution in [3.05, 3.63) is 34.6 Å². The Bertz CT molecular complexity index is 532. The molecule has 8 heteroatoms. The van der Waals surface area contributed by atoms with Gasteiger partial charge in [-0.25, -0.2) is 8.78 Å². The van der Waals surface area contributed by atoms with Crippen LogP contribution < -0.4 is 10.6 Å². The van der Waals surface area contributed by atoms with E-state index in [1.807, 2.05) is 0 Å². The molecular weight excluding hydrogens is 349 g/mol. The minimum Gasteiger partial charge on any atom is -0.372 e. The van der Waals surface area contributed by atoms with Gasteiger partial charge in [0.2, 0.25) is 0 Å². The Morgan fingerprint density at radius 1 is 1.57 bits per heavy atom. The summed E-state index contributed by atoms with van der Waals surface area (Å²) in [5.74, 6) is -1.31. The summed E-state index contributed by atoms with van der Waals surface area (Å²) >= 11 is 5.70. The predicted octanol–water partition coefficient (Wildman–Crippen LogP) is 2.65. The SMILES string of the molecule is CC(F)C(=O)NC[C@@H]1CNCCO[C@H]1c1ccc(Cl)c(F)c1.Cl. The lowest BCUT2D eigenvalue weighted by atomic mass is 9.95. The van der Waals surface area contributed by atoms with E-state index in [4.69, 9.17) is 16.3 Å². The third kappa shape index (κ3) is 5.57. The molecule has 1 amide bonds. The number of halogens is 4. The second kappa shape index (κ2) is 9.37. The Morgan fingerprint density at radius 2 is 2.30 bits per heavy atom. The molecule has 1 aromatic carbocycles. The molecule has 0 radical (unpaired) electrons. The standard InChI is InChI=1S/C15H19ClF2N2O2.ClH/c1-9(17)15(21)20-8-11-7-19-4-5-22-14(11)10-2-3-12(16)13(18)6-10;/h2-3,6,9,11,14,19H,4-5,7-8H2,1H3,(H,20,21);1H/t9?,11-,14-;/m0./s1. The summed E-state index contributed by atoms with van der Waals surface area (Å²) in [4.78, 5) is 11.4. The van der Waals surface area contributed by atoms with Gasteiger partial charge in [0.1, 0.15) is 5.82 Å². The van der Waals surface area contributed by atoms with Crippen molar-refractivity contribution < 1.29 is 18.3 Å². The molecule has 1 aliphatic heterocycles. The molecule has 23 heavy (non-hydrogen) atoms. The van der Waals surface area contributed by atoms with Crippen LogP contribution >= 0.6 is 24.0 Å². The molecule has 1 heterocycles. The highest BCUT2D eigenvalue weighted by Gasteiger charge is 2.27. The number of hydrogen-bond donors (Lipinski definition) is 2. The van der Waals surface area contributed by atoms with Gasteiger partial charge in [0.05, 0.1) is 17.7 Å². The van der Waals surface area contributed by atoms with Gasteiger partial charge in [-0.05, 0) is 24.6 Å². The summed E-state index contributed by atoms with van der Waals surface area (Å²) in [6.45, 7) is 3.14. The maximum Gasteiger partial charge on any atom is 0.254 e. The molecule has 2 N–H and O–H groups in total. The summed E-state index contributed by atoms with van der Waals surface area (Å²) in [5, 5.41) is 5.79.